The van der Waals surface area contributed by atoms with Crippen LogP contribution in [0.5, 0.6) is 0 Å². The predicted octanol–water partition coefficient (Wildman–Crippen LogP) is 1.69. The molecule has 0 amide bonds. The van der Waals surface area contributed by atoms with Gasteiger partial charge in [-0.25, -0.2) is 19.3 Å². The lowest BCUT2D eigenvalue weighted by Crippen LogP contribution is -2.88. The topological polar surface area (TPSA) is 263 Å². The van der Waals surface area contributed by atoms with Crippen molar-refractivity contribution in [3.63, 3.8) is 0 Å². The van der Waals surface area contributed by atoms with E-state index in [0.717, 1.165) is 0 Å². The molecule has 328 valence electrons. The first-order chi connectivity index (χ1) is 27.0. The Kier molecular flexibility index (Phi) is 19.4. The molecule has 0 atom stereocenters. The summed E-state index contributed by atoms with van der Waals surface area (Å²) in [5.41, 5.74) is 24.8. The van der Waals surface area contributed by atoms with E-state index in [1.54, 1.807) is 0 Å². The van der Waals surface area contributed by atoms with Gasteiger partial charge in [0, 0.05) is 74.5 Å². The van der Waals surface area contributed by atoms with Crippen LogP contribution in [-0.4, -0.2) is 123 Å². The molecular formula is C24H60Cl4N8O12Si8. The number of nitrogens with two attached hydrogens (primary N) is 4. The van der Waals surface area contributed by atoms with Gasteiger partial charge in [0.05, 0.1) is 0 Å². The van der Waals surface area contributed by atoms with Gasteiger partial charge in [0.1, 0.15) is 0 Å². The lowest BCUT2D eigenvalue weighted by Gasteiger charge is -2.63. The van der Waals surface area contributed by atoms with E-state index in [9.17, 15) is 0 Å². The Balaban J connectivity index is 1.87. The van der Waals surface area contributed by atoms with Crippen LogP contribution in [-0.2, 0) is 49.4 Å². The minimum atomic E-state index is -4.12. The Hall–Kier alpha value is 2.10. The van der Waals surface area contributed by atoms with Gasteiger partial charge in [0.25, 0.3) is 0 Å². The van der Waals surface area contributed by atoms with Crippen molar-refractivity contribution in [2.45, 2.75) is 99.7 Å². The van der Waals surface area contributed by atoms with E-state index >= 15 is 0 Å². The van der Waals surface area contributed by atoms with Gasteiger partial charge < -0.3 is 72.3 Å². The molecule has 8 bridgehead atoms. The van der Waals surface area contributed by atoms with Gasteiger partial charge in [0.15, 0.2) is 0 Å². The second kappa shape index (κ2) is 22.1. The van der Waals surface area contributed by atoms with Crippen molar-refractivity contribution in [2.75, 3.05) is 52.4 Å². The zero-order valence-corrected chi connectivity index (χ0v) is 42.7. The number of halogens is 4. The number of rotatable bonds is 28. The van der Waals surface area contributed by atoms with Crippen molar-refractivity contribution in [3.8, 4) is 0 Å². The van der Waals surface area contributed by atoms with Crippen LogP contribution in [0.3, 0.4) is 0 Å². The van der Waals surface area contributed by atoms with Gasteiger partial charge in [-0.3, -0.25) is 0 Å². The molecule has 6 saturated heterocycles. The summed E-state index contributed by atoms with van der Waals surface area (Å²) in [6.07, 6.45) is 3.81. The van der Waals surface area contributed by atoms with Gasteiger partial charge in [-0.1, -0.05) is 0 Å². The maximum Gasteiger partial charge on any atom is 0.478 e. The Morgan fingerprint density at radius 2 is 0.411 bits per heavy atom. The van der Waals surface area contributed by atoms with Crippen LogP contribution in [0.1, 0.15) is 51.4 Å². The van der Waals surface area contributed by atoms with E-state index in [1.165, 1.54) is 0 Å². The summed E-state index contributed by atoms with van der Waals surface area (Å²) in [5.74, 6) is 0. The summed E-state index contributed by atoms with van der Waals surface area (Å²) in [6.45, 7) is 2.90. The van der Waals surface area contributed by atoms with Crippen molar-refractivity contribution >= 4 is 118 Å². The Bertz CT molecular complexity index is 1050. The van der Waals surface area contributed by atoms with Gasteiger partial charge in [-0.2, -0.15) is 0 Å². The molecule has 0 radical (unpaired) electrons. The Morgan fingerprint density at radius 1 is 0.268 bits per heavy atom. The first kappa shape index (κ1) is 49.1. The smallest absolute Gasteiger partial charge is 0.373 e. The third-order valence-electron chi connectivity index (χ3n) is 9.50. The van der Waals surface area contributed by atoms with Gasteiger partial charge >= 0.3 is 70.4 Å². The minimum absolute atomic E-state index is 0.262. The van der Waals surface area contributed by atoms with Crippen LogP contribution in [0.4, 0.5) is 0 Å². The van der Waals surface area contributed by atoms with Crippen molar-refractivity contribution in [2.24, 2.45) is 22.9 Å². The predicted molar refractivity (Wildman–Crippen MR) is 226 cm³/mol. The first-order valence-corrected chi connectivity index (χ1v) is 36.5. The summed E-state index contributed by atoms with van der Waals surface area (Å²) < 4.78 is 90.2. The number of nitrogens with one attached hydrogen (secondary N) is 4. The number of hydrogen-bond donors (Lipinski definition) is 8. The molecule has 0 aliphatic carbocycles. The van der Waals surface area contributed by atoms with Crippen molar-refractivity contribution in [3.05, 3.63) is 0 Å². The molecule has 6 heterocycles. The average Bonchev–Trinajstić information content (AvgIpc) is 3.12. The van der Waals surface area contributed by atoms with Crippen LogP contribution in [0, 0.1) is 0 Å². The molecule has 6 fully saturated rings. The molecule has 0 aromatic heterocycles. The van der Waals surface area contributed by atoms with Crippen LogP contribution < -0.4 is 42.3 Å². The highest BCUT2D eigenvalue weighted by Crippen LogP contribution is 2.54. The van der Waals surface area contributed by atoms with Crippen molar-refractivity contribution in [1.82, 2.24) is 19.3 Å². The van der Waals surface area contributed by atoms with E-state index < -0.39 is 70.4 Å². The van der Waals surface area contributed by atoms with Crippen LogP contribution in [0.2, 0.25) is 48.4 Å². The average molecular weight is 1020 g/mol. The standard InChI is InChI=1S/C24H60Cl4N8O12Si8/c25-33-13-5-21-53-41-49(17-1-9-29)37-50(18-2-10-30)39-52(20-4-12-32)40-51(38-49,19-3-11-31)43-55(46-53,23-7-15-35-27)48-56(44-52,24-8-16-36-28)47-54(42-50,45-53)22-6-14-34-26/h33-36H,1-24,29-32H2. The van der Waals surface area contributed by atoms with Crippen molar-refractivity contribution < 1.29 is 49.4 Å². The highest BCUT2D eigenvalue weighted by atomic mass is 35.5. The van der Waals surface area contributed by atoms with Crippen LogP contribution in [0.15, 0.2) is 0 Å². The molecule has 0 aromatic carbocycles. The summed E-state index contributed by atoms with van der Waals surface area (Å²) in [5, 5.41) is 0. The van der Waals surface area contributed by atoms with Crippen LogP contribution in [0.25, 0.3) is 0 Å². The second-order valence-corrected chi connectivity index (χ2v) is 40.0. The molecule has 0 unspecified atom stereocenters. The molecule has 6 aliphatic rings. The van der Waals surface area contributed by atoms with Crippen LogP contribution >= 0.6 is 47.1 Å². The highest BCUT2D eigenvalue weighted by molar-refractivity contribution is 7.03. The molecule has 56 heavy (non-hydrogen) atoms. The molecule has 6 rings (SSSR count). The van der Waals surface area contributed by atoms with E-state index in [1.807, 2.05) is 0 Å². The third-order valence-corrected chi connectivity index (χ3v) is 47.8. The molecule has 0 saturated carbocycles. The van der Waals surface area contributed by atoms with E-state index in [0.29, 0.717) is 104 Å². The summed E-state index contributed by atoms with van der Waals surface area (Å²) in [7, 11) is -32.8. The lowest BCUT2D eigenvalue weighted by atomic mass is 10.5. The molecule has 0 aromatic rings. The van der Waals surface area contributed by atoms with Crippen molar-refractivity contribution in [1.29, 1.82) is 0 Å². The summed E-state index contributed by atoms with van der Waals surface area (Å²) in [4.78, 5) is 10.9. The minimum Gasteiger partial charge on any atom is -0.373 e. The maximum absolute atomic E-state index is 7.53. The normalized spacial score (nSPS) is 39.0. The number of hydrogen-bond acceptors (Lipinski definition) is 20. The Morgan fingerprint density at radius 3 is 0.536 bits per heavy atom. The molecule has 6 aliphatic heterocycles. The van der Waals surface area contributed by atoms with Gasteiger partial charge in [-0.15, -0.1) is 0 Å². The lowest BCUT2D eigenvalue weighted by molar-refractivity contribution is -0.0310. The maximum atomic E-state index is 7.53. The van der Waals surface area contributed by atoms with Gasteiger partial charge in [-0.05, 0) is 125 Å². The molecule has 20 nitrogen and oxygen atoms in total. The fraction of sp³-hybridized carbons (Fsp3) is 1.00. The third kappa shape index (κ3) is 12.2. The monoisotopic (exact) mass is 1020 g/mol. The molecule has 12 N–H and O–H groups in total. The highest BCUT2D eigenvalue weighted by Gasteiger charge is 2.82. The molecule has 0 spiro atoms. The summed E-state index contributed by atoms with van der Waals surface area (Å²) >= 11 is 24.1. The van der Waals surface area contributed by atoms with E-state index in [-0.39, 0.29) is 48.4 Å². The fourth-order valence-electron chi connectivity index (χ4n) is 7.33. The van der Waals surface area contributed by atoms with E-state index in [2.05, 4.69) is 19.3 Å². The second-order valence-electron chi connectivity index (χ2n) is 14.2. The quantitative estimate of drug-likeness (QED) is 0.0315. The molecular weight excluding hydrogens is 959 g/mol. The van der Waals surface area contributed by atoms with E-state index in [4.69, 9.17) is 119 Å². The van der Waals surface area contributed by atoms with Gasteiger partial charge in [0.2, 0.25) is 0 Å². The zero-order valence-electron chi connectivity index (χ0n) is 31.7. The molecule has 32 heteroatoms. The fourth-order valence-corrected chi connectivity index (χ4v) is 58.4. The SMILES string of the molecule is NCCC[Si]12O[Si]3(CCCN)O[Si]4(CCCN)O[Si](CCCN)(O1)O[Si]1(CCCNCl)O[Si](CCCNCl)(O2)O[Si](CCCNCl)(O3)O[Si](CCCNCl)(O4)O1. The summed E-state index contributed by atoms with van der Waals surface area (Å²) in [6, 6.07) is 2.13. The zero-order chi connectivity index (χ0) is 40.3. The largest absolute Gasteiger partial charge is 0.478 e. The Labute approximate surface area is 359 Å². The first-order valence-electron chi connectivity index (χ1n) is 19.5.